The Labute approximate surface area is 96.0 Å². The first-order valence-corrected chi connectivity index (χ1v) is 4.61. The summed E-state index contributed by atoms with van der Waals surface area (Å²) >= 11 is 0. The van der Waals surface area contributed by atoms with Crippen LogP contribution in [0.2, 0.25) is 0 Å². The van der Waals surface area contributed by atoms with E-state index >= 15 is 0 Å². The van der Waals surface area contributed by atoms with Crippen molar-refractivity contribution in [2.24, 2.45) is 9.98 Å². The summed E-state index contributed by atoms with van der Waals surface area (Å²) in [6.07, 6.45) is 1.95. The molecule has 8 nitrogen and oxygen atoms in total. The van der Waals surface area contributed by atoms with Crippen molar-refractivity contribution in [1.29, 1.82) is 0 Å². The molecule has 17 heavy (non-hydrogen) atoms. The van der Waals surface area contributed by atoms with Gasteiger partial charge in [-0.25, -0.2) is 19.4 Å². The van der Waals surface area contributed by atoms with Crippen LogP contribution in [0.15, 0.2) is 9.98 Å². The molecule has 0 fully saturated rings. The number of carboxylic acids is 1. The van der Waals surface area contributed by atoms with E-state index in [2.05, 4.69) is 14.7 Å². The SMILES string of the molecule is O=C=NCCOC(=O)C(CCC(=O)O)N=C=O. The van der Waals surface area contributed by atoms with Crippen LogP contribution in [0.25, 0.3) is 0 Å². The van der Waals surface area contributed by atoms with Crippen LogP contribution >= 0.6 is 0 Å². The van der Waals surface area contributed by atoms with E-state index in [9.17, 15) is 19.2 Å². The normalized spacial score (nSPS) is 10.6. The summed E-state index contributed by atoms with van der Waals surface area (Å²) in [4.78, 5) is 47.6. The van der Waals surface area contributed by atoms with Gasteiger partial charge in [0.25, 0.3) is 0 Å². The average Bonchev–Trinajstić information content (AvgIpc) is 2.29. The van der Waals surface area contributed by atoms with Gasteiger partial charge in [0.05, 0.1) is 6.54 Å². The third-order valence-electron chi connectivity index (χ3n) is 1.62. The summed E-state index contributed by atoms with van der Waals surface area (Å²) in [5.41, 5.74) is 0. The first-order valence-electron chi connectivity index (χ1n) is 4.61. The first kappa shape index (κ1) is 14.7. The molecule has 0 heterocycles. The Hall–Kier alpha value is -2.30. The number of rotatable bonds is 8. The molecule has 1 atom stereocenters. The highest BCUT2D eigenvalue weighted by Crippen LogP contribution is 2.04. The monoisotopic (exact) mass is 242 g/mol. The van der Waals surface area contributed by atoms with Crippen LogP contribution in [0.3, 0.4) is 0 Å². The number of ether oxygens (including phenoxy) is 1. The molecule has 0 aliphatic carbocycles. The fourth-order valence-corrected chi connectivity index (χ4v) is 0.893. The van der Waals surface area contributed by atoms with Crippen molar-refractivity contribution >= 4 is 24.1 Å². The molecule has 0 amide bonds. The van der Waals surface area contributed by atoms with Gasteiger partial charge < -0.3 is 9.84 Å². The smallest absolute Gasteiger partial charge is 0.331 e. The van der Waals surface area contributed by atoms with Gasteiger partial charge in [0, 0.05) is 6.42 Å². The van der Waals surface area contributed by atoms with Gasteiger partial charge in [-0.1, -0.05) is 0 Å². The molecule has 0 aliphatic heterocycles. The summed E-state index contributed by atoms with van der Waals surface area (Å²) in [6, 6.07) is -1.19. The van der Waals surface area contributed by atoms with E-state index in [1.165, 1.54) is 12.2 Å². The van der Waals surface area contributed by atoms with Crippen molar-refractivity contribution in [2.45, 2.75) is 18.9 Å². The lowest BCUT2D eigenvalue weighted by Gasteiger charge is -2.08. The van der Waals surface area contributed by atoms with Gasteiger partial charge in [-0.15, -0.1) is 0 Å². The quantitative estimate of drug-likeness (QED) is 0.263. The van der Waals surface area contributed by atoms with Crippen LogP contribution < -0.4 is 0 Å². The Morgan fingerprint density at radius 3 is 2.53 bits per heavy atom. The lowest BCUT2D eigenvalue weighted by molar-refractivity contribution is -0.145. The molecule has 1 unspecified atom stereocenters. The van der Waals surface area contributed by atoms with Gasteiger partial charge in [0.1, 0.15) is 6.61 Å². The fourth-order valence-electron chi connectivity index (χ4n) is 0.893. The Kier molecular flexibility index (Phi) is 7.75. The van der Waals surface area contributed by atoms with Gasteiger partial charge in [0.15, 0.2) is 6.04 Å². The number of aliphatic carboxylic acids is 1. The lowest BCUT2D eigenvalue weighted by Crippen LogP contribution is -2.23. The molecule has 0 spiro atoms. The lowest BCUT2D eigenvalue weighted by atomic mass is 10.2. The van der Waals surface area contributed by atoms with Crippen molar-refractivity contribution in [2.75, 3.05) is 13.2 Å². The highest BCUT2D eigenvalue weighted by molar-refractivity contribution is 5.78. The number of esters is 1. The number of carbonyl (C=O) groups is 2. The number of nitrogens with zero attached hydrogens (tertiary/aromatic N) is 2. The number of carboxylic acid groups (broad SMARTS) is 1. The van der Waals surface area contributed by atoms with Gasteiger partial charge in [-0.05, 0) is 6.42 Å². The molecule has 0 saturated carbocycles. The first-order chi connectivity index (χ1) is 8.11. The van der Waals surface area contributed by atoms with Crippen LogP contribution in [-0.4, -0.2) is 48.4 Å². The molecule has 1 N–H and O–H groups in total. The summed E-state index contributed by atoms with van der Waals surface area (Å²) < 4.78 is 4.61. The zero-order chi connectivity index (χ0) is 13.1. The van der Waals surface area contributed by atoms with Crippen LogP contribution in [0, 0.1) is 0 Å². The molecule has 0 aliphatic rings. The van der Waals surface area contributed by atoms with Crippen molar-refractivity contribution in [3.63, 3.8) is 0 Å². The number of aliphatic imine (C=N–C) groups is 2. The Morgan fingerprint density at radius 2 is 2.00 bits per heavy atom. The van der Waals surface area contributed by atoms with Gasteiger partial charge in [-0.3, -0.25) is 4.79 Å². The zero-order valence-electron chi connectivity index (χ0n) is 8.79. The third kappa shape index (κ3) is 7.61. The average molecular weight is 242 g/mol. The van der Waals surface area contributed by atoms with Crippen molar-refractivity contribution < 1.29 is 29.0 Å². The van der Waals surface area contributed by atoms with Gasteiger partial charge in [-0.2, -0.15) is 4.99 Å². The predicted molar refractivity (Wildman–Crippen MR) is 52.7 cm³/mol. The molecule has 0 aromatic carbocycles. The van der Waals surface area contributed by atoms with Crippen LogP contribution in [0.5, 0.6) is 0 Å². The molecular formula is C9H10N2O6. The molecule has 8 heteroatoms. The minimum Gasteiger partial charge on any atom is -0.481 e. The number of carbonyl (C=O) groups excluding carboxylic acids is 3. The molecule has 0 bridgehead atoms. The number of isocyanates is 2. The van der Waals surface area contributed by atoms with E-state index in [0.29, 0.717) is 0 Å². The molecule has 0 aromatic rings. The van der Waals surface area contributed by atoms with Gasteiger partial charge in [0.2, 0.25) is 12.2 Å². The third-order valence-corrected chi connectivity index (χ3v) is 1.62. The van der Waals surface area contributed by atoms with Gasteiger partial charge >= 0.3 is 11.9 Å². The summed E-state index contributed by atoms with van der Waals surface area (Å²) in [5, 5.41) is 8.41. The largest absolute Gasteiger partial charge is 0.481 e. The second kappa shape index (κ2) is 8.96. The molecule has 0 aromatic heterocycles. The highest BCUT2D eigenvalue weighted by Gasteiger charge is 2.20. The number of hydrogen-bond acceptors (Lipinski definition) is 7. The maximum absolute atomic E-state index is 11.3. The van der Waals surface area contributed by atoms with Crippen LogP contribution in [0.1, 0.15) is 12.8 Å². The second-order valence-electron chi connectivity index (χ2n) is 2.81. The van der Waals surface area contributed by atoms with E-state index in [-0.39, 0.29) is 26.0 Å². The maximum atomic E-state index is 11.3. The van der Waals surface area contributed by atoms with E-state index < -0.39 is 18.0 Å². The summed E-state index contributed by atoms with van der Waals surface area (Å²) in [7, 11) is 0. The van der Waals surface area contributed by atoms with Crippen molar-refractivity contribution in [1.82, 2.24) is 0 Å². The Balaban J connectivity index is 4.18. The zero-order valence-corrected chi connectivity index (χ0v) is 8.79. The van der Waals surface area contributed by atoms with Crippen LogP contribution in [-0.2, 0) is 23.9 Å². The van der Waals surface area contributed by atoms with E-state index in [1.54, 1.807) is 0 Å². The number of hydrogen-bond donors (Lipinski definition) is 1. The minimum atomic E-state index is -1.19. The van der Waals surface area contributed by atoms with E-state index in [4.69, 9.17) is 5.11 Å². The Morgan fingerprint density at radius 1 is 1.29 bits per heavy atom. The van der Waals surface area contributed by atoms with E-state index in [0.717, 1.165) is 0 Å². The Bertz CT molecular complexity index is 368. The minimum absolute atomic E-state index is 0.0499. The molecule has 0 saturated heterocycles. The highest BCUT2D eigenvalue weighted by atomic mass is 16.5. The molecule has 0 radical (unpaired) electrons. The summed E-state index contributed by atoms with van der Waals surface area (Å²) in [5.74, 6) is -1.97. The molecule has 92 valence electrons. The fraction of sp³-hybridized carbons (Fsp3) is 0.556. The van der Waals surface area contributed by atoms with Crippen molar-refractivity contribution in [3.8, 4) is 0 Å². The summed E-state index contributed by atoms with van der Waals surface area (Å²) in [6.45, 7) is -0.211. The van der Waals surface area contributed by atoms with E-state index in [1.807, 2.05) is 0 Å². The second-order valence-corrected chi connectivity index (χ2v) is 2.81. The van der Waals surface area contributed by atoms with Crippen molar-refractivity contribution in [3.05, 3.63) is 0 Å². The molecule has 0 rings (SSSR count). The predicted octanol–water partition coefficient (Wildman–Crippen LogP) is -0.565. The topological polar surface area (TPSA) is 122 Å². The maximum Gasteiger partial charge on any atom is 0.331 e. The standard InChI is InChI=1S/C9H10N2O6/c12-5-10-3-4-17-9(16)7(11-6-13)1-2-8(14)15/h7H,1-4H2,(H,14,15). The molecular weight excluding hydrogens is 232 g/mol. The van der Waals surface area contributed by atoms with Crippen LogP contribution in [0.4, 0.5) is 0 Å².